The summed E-state index contributed by atoms with van der Waals surface area (Å²) >= 11 is 1.60. The smallest absolute Gasteiger partial charge is 0.195 e. The van der Waals surface area contributed by atoms with E-state index in [1.807, 2.05) is 13.8 Å². The van der Waals surface area contributed by atoms with Crippen molar-refractivity contribution >= 4 is 11.8 Å². The first-order chi connectivity index (χ1) is 6.36. The van der Waals surface area contributed by atoms with Crippen molar-refractivity contribution in [2.45, 2.75) is 33.5 Å². The second-order valence-electron chi connectivity index (χ2n) is 4.56. The Hall–Kier alpha value is 0.0100. The molecule has 82 valence electrons. The zero-order valence-electron chi connectivity index (χ0n) is 9.37. The molecule has 0 aromatic heterocycles. The third kappa shape index (κ3) is 2.33. The fourth-order valence-corrected chi connectivity index (χ4v) is 3.28. The fraction of sp³-hybridized carbons (Fsp3) is 0.818. The van der Waals surface area contributed by atoms with Crippen molar-refractivity contribution in [1.82, 2.24) is 0 Å². The van der Waals surface area contributed by atoms with Crippen LogP contribution in [0.3, 0.4) is 0 Å². The first-order valence-corrected chi connectivity index (χ1v) is 6.27. The summed E-state index contributed by atoms with van der Waals surface area (Å²) in [5.41, 5.74) is 2.05. The summed E-state index contributed by atoms with van der Waals surface area (Å²) in [6.45, 7) is 8.27. The van der Waals surface area contributed by atoms with Gasteiger partial charge in [0.1, 0.15) is 0 Å². The molecule has 0 bridgehead atoms. The van der Waals surface area contributed by atoms with E-state index in [-0.39, 0.29) is 5.92 Å². The van der Waals surface area contributed by atoms with Crippen LogP contribution in [0.5, 0.6) is 0 Å². The molecule has 0 saturated heterocycles. The van der Waals surface area contributed by atoms with Gasteiger partial charge in [-0.1, -0.05) is 33.3 Å². The number of rotatable bonds is 2. The molecule has 0 fully saturated rings. The van der Waals surface area contributed by atoms with Gasteiger partial charge < -0.3 is 10.2 Å². The van der Waals surface area contributed by atoms with Gasteiger partial charge in [0, 0.05) is 5.75 Å². The molecule has 1 rings (SSSR count). The minimum atomic E-state index is -1.59. The second-order valence-corrected chi connectivity index (χ2v) is 5.54. The van der Waals surface area contributed by atoms with Crippen LogP contribution in [-0.4, -0.2) is 27.5 Å². The summed E-state index contributed by atoms with van der Waals surface area (Å²) in [5.74, 6) is 0.365. The van der Waals surface area contributed by atoms with Crippen LogP contribution in [0.15, 0.2) is 11.1 Å². The standard InChI is InChI=1S/C11H20O2S/c1-7(2)9-5-14-6-11(12,13)10(9)8(3)4/h7-8,12-13H,5-6H2,1-4H3. The highest BCUT2D eigenvalue weighted by Gasteiger charge is 2.36. The van der Waals surface area contributed by atoms with Gasteiger partial charge in [-0.05, 0) is 17.4 Å². The van der Waals surface area contributed by atoms with Gasteiger partial charge in [0.2, 0.25) is 0 Å². The van der Waals surface area contributed by atoms with Gasteiger partial charge in [-0.15, -0.1) is 0 Å². The van der Waals surface area contributed by atoms with E-state index >= 15 is 0 Å². The summed E-state index contributed by atoms with van der Waals surface area (Å²) in [4.78, 5) is 0. The molecule has 0 saturated carbocycles. The summed E-state index contributed by atoms with van der Waals surface area (Å²) in [6, 6.07) is 0. The zero-order chi connectivity index (χ0) is 10.9. The van der Waals surface area contributed by atoms with Crippen LogP contribution in [0.4, 0.5) is 0 Å². The highest BCUT2D eigenvalue weighted by Crippen LogP contribution is 2.37. The van der Waals surface area contributed by atoms with Crippen molar-refractivity contribution in [1.29, 1.82) is 0 Å². The van der Waals surface area contributed by atoms with Crippen LogP contribution >= 0.6 is 11.8 Å². The van der Waals surface area contributed by atoms with E-state index in [0.29, 0.717) is 11.7 Å². The van der Waals surface area contributed by atoms with E-state index in [0.717, 1.165) is 11.3 Å². The summed E-state index contributed by atoms with van der Waals surface area (Å²) in [5, 5.41) is 19.8. The second kappa shape index (κ2) is 4.25. The van der Waals surface area contributed by atoms with E-state index in [9.17, 15) is 10.2 Å². The molecular weight excluding hydrogens is 196 g/mol. The maximum Gasteiger partial charge on any atom is 0.195 e. The van der Waals surface area contributed by atoms with Crippen molar-refractivity contribution in [3.8, 4) is 0 Å². The molecule has 0 atom stereocenters. The Bertz CT molecular complexity index is 242. The van der Waals surface area contributed by atoms with Crippen LogP contribution in [0.25, 0.3) is 0 Å². The highest BCUT2D eigenvalue weighted by molar-refractivity contribution is 7.99. The quantitative estimate of drug-likeness (QED) is 0.548. The normalized spacial score (nSPS) is 22.3. The molecule has 14 heavy (non-hydrogen) atoms. The molecule has 0 radical (unpaired) electrons. The average Bonchev–Trinajstić information content (AvgIpc) is 2.00. The van der Waals surface area contributed by atoms with Crippen molar-refractivity contribution < 1.29 is 10.2 Å². The number of thioether (sulfide) groups is 1. The molecule has 0 amide bonds. The first-order valence-electron chi connectivity index (χ1n) is 5.12. The Kier molecular flexibility index (Phi) is 3.67. The van der Waals surface area contributed by atoms with Gasteiger partial charge in [-0.2, -0.15) is 11.8 Å². The molecule has 0 aliphatic carbocycles. The lowest BCUT2D eigenvalue weighted by atomic mass is 9.86. The third-order valence-corrected chi connectivity index (χ3v) is 3.73. The highest BCUT2D eigenvalue weighted by atomic mass is 32.2. The van der Waals surface area contributed by atoms with Crippen molar-refractivity contribution in [3.05, 3.63) is 11.1 Å². The molecule has 1 aliphatic heterocycles. The topological polar surface area (TPSA) is 40.5 Å². The SMILES string of the molecule is CC(C)C1=C(C(C)C)C(O)(O)CSC1. The molecule has 0 spiro atoms. The molecule has 0 aromatic rings. The van der Waals surface area contributed by atoms with E-state index in [1.54, 1.807) is 11.8 Å². The molecule has 1 aliphatic rings. The average molecular weight is 216 g/mol. The van der Waals surface area contributed by atoms with Gasteiger partial charge in [-0.25, -0.2) is 0 Å². The molecule has 1 heterocycles. The lowest BCUT2D eigenvalue weighted by Crippen LogP contribution is -2.40. The van der Waals surface area contributed by atoms with Gasteiger partial charge >= 0.3 is 0 Å². The largest absolute Gasteiger partial charge is 0.362 e. The Morgan fingerprint density at radius 2 is 1.71 bits per heavy atom. The number of hydrogen-bond donors (Lipinski definition) is 2. The molecule has 0 unspecified atom stereocenters. The van der Waals surface area contributed by atoms with Crippen LogP contribution in [-0.2, 0) is 0 Å². The van der Waals surface area contributed by atoms with Crippen LogP contribution in [0.2, 0.25) is 0 Å². The Labute approximate surface area is 90.4 Å². The lowest BCUT2D eigenvalue weighted by Gasteiger charge is -2.35. The molecule has 0 aromatic carbocycles. The van der Waals surface area contributed by atoms with Crippen LogP contribution < -0.4 is 0 Å². The Morgan fingerprint density at radius 3 is 2.07 bits per heavy atom. The number of hydrogen-bond acceptors (Lipinski definition) is 3. The minimum absolute atomic E-state index is 0.211. The zero-order valence-corrected chi connectivity index (χ0v) is 10.2. The van der Waals surface area contributed by atoms with Gasteiger partial charge in [0.15, 0.2) is 5.79 Å². The van der Waals surface area contributed by atoms with E-state index in [1.165, 1.54) is 5.57 Å². The van der Waals surface area contributed by atoms with E-state index in [2.05, 4.69) is 13.8 Å². The Balaban J connectivity index is 3.13. The molecule has 3 heteroatoms. The van der Waals surface area contributed by atoms with Gasteiger partial charge in [-0.3, -0.25) is 0 Å². The Morgan fingerprint density at radius 1 is 1.14 bits per heavy atom. The lowest BCUT2D eigenvalue weighted by molar-refractivity contribution is -0.114. The van der Waals surface area contributed by atoms with E-state index in [4.69, 9.17) is 0 Å². The van der Waals surface area contributed by atoms with Crippen LogP contribution in [0, 0.1) is 11.8 Å². The van der Waals surface area contributed by atoms with Crippen molar-refractivity contribution in [3.63, 3.8) is 0 Å². The molecule has 2 N–H and O–H groups in total. The van der Waals surface area contributed by atoms with E-state index < -0.39 is 5.79 Å². The fourth-order valence-electron chi connectivity index (χ4n) is 2.03. The summed E-state index contributed by atoms with van der Waals surface area (Å²) in [6.07, 6.45) is 0. The minimum Gasteiger partial charge on any atom is -0.362 e. The van der Waals surface area contributed by atoms with Gasteiger partial charge in [0.25, 0.3) is 0 Å². The first kappa shape index (κ1) is 12.1. The van der Waals surface area contributed by atoms with Crippen LogP contribution in [0.1, 0.15) is 27.7 Å². The summed E-state index contributed by atoms with van der Waals surface area (Å²) < 4.78 is 0. The molecular formula is C11H20O2S. The van der Waals surface area contributed by atoms with Gasteiger partial charge in [0.05, 0.1) is 5.75 Å². The maximum absolute atomic E-state index is 9.90. The third-order valence-electron chi connectivity index (χ3n) is 2.61. The molecule has 2 nitrogen and oxygen atoms in total. The summed E-state index contributed by atoms with van der Waals surface area (Å²) in [7, 11) is 0. The van der Waals surface area contributed by atoms with Crippen molar-refractivity contribution in [2.24, 2.45) is 11.8 Å². The number of aliphatic hydroxyl groups is 2. The predicted octanol–water partition coefficient (Wildman–Crippen LogP) is 2.02. The van der Waals surface area contributed by atoms with Crippen molar-refractivity contribution in [2.75, 3.05) is 11.5 Å². The maximum atomic E-state index is 9.90. The predicted molar refractivity (Wildman–Crippen MR) is 61.2 cm³/mol. The monoisotopic (exact) mass is 216 g/mol.